The van der Waals surface area contributed by atoms with Crippen molar-refractivity contribution in [2.75, 3.05) is 0 Å². The van der Waals surface area contributed by atoms with Gasteiger partial charge in [0.25, 0.3) is 0 Å². The molecule has 194 valence electrons. The number of pyridine rings is 1. The topological polar surface area (TPSA) is 17.8 Å². The highest BCUT2D eigenvalue weighted by molar-refractivity contribution is 6.09. The molecule has 6 rings (SSSR count). The second-order valence-corrected chi connectivity index (χ2v) is 10.1. The molecule has 0 unspecified atom stereocenters. The maximum atomic E-state index is 5.09. The summed E-state index contributed by atoms with van der Waals surface area (Å²) in [5.74, 6) is 0. The van der Waals surface area contributed by atoms with E-state index in [1.165, 1.54) is 27.4 Å². The smallest absolute Gasteiger partial charge is 0.0715 e. The van der Waals surface area contributed by atoms with Gasteiger partial charge >= 0.3 is 0 Å². The van der Waals surface area contributed by atoms with Crippen LogP contribution in [0.2, 0.25) is 0 Å². The molecule has 2 nitrogen and oxygen atoms in total. The van der Waals surface area contributed by atoms with Crippen LogP contribution in [-0.2, 0) is 0 Å². The number of hydrogen-bond acceptors (Lipinski definition) is 1. The molecule has 0 saturated carbocycles. The molecule has 0 atom stereocenters. The number of nitrogens with zero attached hydrogens (tertiary/aromatic N) is 2. The standard InChI is InChI=1S/C38H32N2/c1-4-6-13-28(5-2)35-25-31(26-36(39-35)30-14-11-12-27(3)19-20-30)29-21-23-32(24-22-29)40-37-17-9-7-15-33(37)34-16-8-10-18-38(34)40/h4-11,13-26H,1,12H2,2-3H3/b13-6-,28-5+. The third-order valence-electron chi connectivity index (χ3n) is 7.46. The predicted molar refractivity (Wildman–Crippen MR) is 172 cm³/mol. The van der Waals surface area contributed by atoms with E-state index in [1.54, 1.807) is 6.08 Å². The molecule has 2 heterocycles. The van der Waals surface area contributed by atoms with Crippen LogP contribution in [0.25, 0.3) is 49.8 Å². The Balaban J connectivity index is 1.48. The zero-order valence-electron chi connectivity index (χ0n) is 23.0. The van der Waals surface area contributed by atoms with E-state index in [1.807, 2.05) is 13.0 Å². The monoisotopic (exact) mass is 516 g/mol. The molecule has 3 aromatic carbocycles. The van der Waals surface area contributed by atoms with Gasteiger partial charge in [-0.05, 0) is 78.9 Å². The van der Waals surface area contributed by atoms with Gasteiger partial charge in [0.2, 0.25) is 0 Å². The molecule has 0 spiro atoms. The second kappa shape index (κ2) is 11.0. The first kappa shape index (κ1) is 25.3. The van der Waals surface area contributed by atoms with Crippen LogP contribution in [0, 0.1) is 0 Å². The molecule has 0 radical (unpaired) electrons. The summed E-state index contributed by atoms with van der Waals surface area (Å²) in [7, 11) is 0. The SMILES string of the molecule is C=C/C=C\C(=C/C)c1cc(-c2ccc(-n3c4ccccc4c4ccccc43)cc2)cc(C2=CC=C(C)CC=C2)n1. The summed E-state index contributed by atoms with van der Waals surface area (Å²) in [4.78, 5) is 5.09. The third-order valence-corrected chi connectivity index (χ3v) is 7.46. The summed E-state index contributed by atoms with van der Waals surface area (Å²) >= 11 is 0. The number of fused-ring (bicyclic) bond motifs is 3. The highest BCUT2D eigenvalue weighted by Gasteiger charge is 2.13. The third kappa shape index (κ3) is 4.81. The Kier molecular flexibility index (Phi) is 6.99. The largest absolute Gasteiger partial charge is 0.309 e. The first-order valence-electron chi connectivity index (χ1n) is 13.8. The lowest BCUT2D eigenvalue weighted by Crippen LogP contribution is -1.97. The van der Waals surface area contributed by atoms with Crippen LogP contribution in [0.3, 0.4) is 0 Å². The Hall–Kier alpha value is -4.95. The average Bonchev–Trinajstić information content (AvgIpc) is 3.17. The van der Waals surface area contributed by atoms with Crippen LogP contribution >= 0.6 is 0 Å². The molecule has 5 aromatic rings. The van der Waals surface area contributed by atoms with Gasteiger partial charge < -0.3 is 4.57 Å². The summed E-state index contributed by atoms with van der Waals surface area (Å²) in [6.45, 7) is 8.05. The maximum Gasteiger partial charge on any atom is 0.0715 e. The fraction of sp³-hybridized carbons (Fsp3) is 0.0789. The van der Waals surface area contributed by atoms with Crippen molar-refractivity contribution >= 4 is 33.0 Å². The van der Waals surface area contributed by atoms with Gasteiger partial charge in [-0.3, -0.25) is 0 Å². The number of benzene rings is 3. The normalized spacial score (nSPS) is 14.0. The highest BCUT2D eigenvalue weighted by atomic mass is 15.0. The lowest BCUT2D eigenvalue weighted by Gasteiger charge is -2.12. The van der Waals surface area contributed by atoms with Gasteiger partial charge in [-0.15, -0.1) is 0 Å². The van der Waals surface area contributed by atoms with Crippen LogP contribution in [-0.4, -0.2) is 9.55 Å². The second-order valence-electron chi connectivity index (χ2n) is 10.1. The van der Waals surface area contributed by atoms with E-state index in [2.05, 4.69) is 139 Å². The Morgan fingerprint density at radius 2 is 1.55 bits per heavy atom. The van der Waals surface area contributed by atoms with E-state index in [0.29, 0.717) is 0 Å². The van der Waals surface area contributed by atoms with Crippen molar-refractivity contribution in [1.29, 1.82) is 0 Å². The molecular formula is C38H32N2. The number of aromatic nitrogens is 2. The lowest BCUT2D eigenvalue weighted by atomic mass is 9.99. The van der Waals surface area contributed by atoms with Crippen molar-refractivity contribution in [1.82, 2.24) is 9.55 Å². The summed E-state index contributed by atoms with van der Waals surface area (Å²) in [5, 5.41) is 2.54. The van der Waals surface area contributed by atoms with Crippen LogP contribution in [0.15, 0.2) is 146 Å². The van der Waals surface area contributed by atoms with E-state index < -0.39 is 0 Å². The van der Waals surface area contributed by atoms with E-state index in [9.17, 15) is 0 Å². The summed E-state index contributed by atoms with van der Waals surface area (Å²) < 4.78 is 2.35. The fourth-order valence-electron chi connectivity index (χ4n) is 5.40. The van der Waals surface area contributed by atoms with Crippen molar-refractivity contribution in [2.45, 2.75) is 20.3 Å². The lowest BCUT2D eigenvalue weighted by molar-refractivity contribution is 1.18. The Labute approximate surface area is 236 Å². The molecule has 2 aromatic heterocycles. The minimum Gasteiger partial charge on any atom is -0.309 e. The first-order chi connectivity index (χ1) is 19.7. The molecule has 1 aliphatic rings. The van der Waals surface area contributed by atoms with Crippen LogP contribution in [0.1, 0.15) is 31.7 Å². The van der Waals surface area contributed by atoms with Crippen LogP contribution in [0.4, 0.5) is 0 Å². The highest BCUT2D eigenvalue weighted by Crippen LogP contribution is 2.33. The van der Waals surface area contributed by atoms with Crippen molar-refractivity contribution in [3.63, 3.8) is 0 Å². The molecule has 0 amide bonds. The van der Waals surface area contributed by atoms with Crippen molar-refractivity contribution in [3.05, 3.63) is 157 Å². The Bertz CT molecular complexity index is 1830. The quantitative estimate of drug-likeness (QED) is 0.205. The fourth-order valence-corrected chi connectivity index (χ4v) is 5.40. The molecule has 0 aliphatic heterocycles. The molecule has 0 saturated heterocycles. The molecule has 0 fully saturated rings. The van der Waals surface area contributed by atoms with Crippen molar-refractivity contribution < 1.29 is 0 Å². The zero-order valence-corrected chi connectivity index (χ0v) is 23.0. The number of allylic oxidation sites excluding steroid dienone is 11. The van der Waals surface area contributed by atoms with E-state index >= 15 is 0 Å². The summed E-state index contributed by atoms with van der Waals surface area (Å²) in [6, 6.07) is 30.5. The van der Waals surface area contributed by atoms with Gasteiger partial charge in [0.05, 0.1) is 22.4 Å². The van der Waals surface area contributed by atoms with Gasteiger partial charge in [-0.25, -0.2) is 4.98 Å². The maximum absolute atomic E-state index is 5.09. The van der Waals surface area contributed by atoms with E-state index in [4.69, 9.17) is 4.98 Å². The Morgan fingerprint density at radius 1 is 0.850 bits per heavy atom. The minimum atomic E-state index is 0.943. The van der Waals surface area contributed by atoms with Gasteiger partial charge in [-0.1, -0.05) is 109 Å². The van der Waals surface area contributed by atoms with E-state index in [0.717, 1.165) is 45.8 Å². The van der Waals surface area contributed by atoms with E-state index in [-0.39, 0.29) is 0 Å². The Morgan fingerprint density at radius 3 is 2.23 bits per heavy atom. The number of hydrogen-bond donors (Lipinski definition) is 0. The number of para-hydroxylation sites is 2. The minimum absolute atomic E-state index is 0.943. The molecule has 0 bridgehead atoms. The van der Waals surface area contributed by atoms with Crippen molar-refractivity contribution in [3.8, 4) is 16.8 Å². The van der Waals surface area contributed by atoms with Crippen molar-refractivity contribution in [2.24, 2.45) is 0 Å². The first-order valence-corrected chi connectivity index (χ1v) is 13.8. The van der Waals surface area contributed by atoms with Crippen LogP contribution < -0.4 is 0 Å². The van der Waals surface area contributed by atoms with Crippen LogP contribution in [0.5, 0.6) is 0 Å². The van der Waals surface area contributed by atoms with Gasteiger partial charge in [-0.2, -0.15) is 0 Å². The number of rotatable bonds is 6. The summed E-state index contributed by atoms with van der Waals surface area (Å²) in [6.07, 6.45) is 17.6. The van der Waals surface area contributed by atoms with Gasteiger partial charge in [0, 0.05) is 16.5 Å². The van der Waals surface area contributed by atoms with Gasteiger partial charge in [0.15, 0.2) is 0 Å². The molecular weight excluding hydrogens is 484 g/mol. The zero-order chi connectivity index (χ0) is 27.5. The molecule has 1 aliphatic carbocycles. The summed E-state index contributed by atoms with van der Waals surface area (Å²) in [5.41, 5.74) is 11.3. The molecule has 40 heavy (non-hydrogen) atoms. The predicted octanol–water partition coefficient (Wildman–Crippen LogP) is 10.3. The molecule has 0 N–H and O–H groups in total. The average molecular weight is 517 g/mol. The van der Waals surface area contributed by atoms with Gasteiger partial charge in [0.1, 0.15) is 0 Å². The molecule has 2 heteroatoms.